The first kappa shape index (κ1) is 35.4. The third kappa shape index (κ3) is 6.46. The average Bonchev–Trinajstić information content (AvgIpc) is 3.33. The summed E-state index contributed by atoms with van der Waals surface area (Å²) in [5, 5.41) is 7.52. The van der Waals surface area contributed by atoms with Crippen LogP contribution in [0.15, 0.2) is 243 Å². The molecule has 0 atom stereocenters. The van der Waals surface area contributed by atoms with Gasteiger partial charge in [-0.1, -0.05) is 212 Å². The Balaban J connectivity index is 1.11. The molecule has 11 aromatic rings. The second-order valence-electron chi connectivity index (χ2n) is 15.6. The molecule has 11 aromatic carbocycles. The molecule has 0 aliphatic heterocycles. The monoisotopic (exact) mass is 760 g/mol. The van der Waals surface area contributed by atoms with Gasteiger partial charge in [0.05, 0.1) is 0 Å². The van der Waals surface area contributed by atoms with E-state index in [1.54, 1.807) is 0 Å². The molecular formula is C60H40. The van der Waals surface area contributed by atoms with Crippen molar-refractivity contribution in [2.24, 2.45) is 0 Å². The van der Waals surface area contributed by atoms with Gasteiger partial charge in [-0.15, -0.1) is 0 Å². The Kier molecular flexibility index (Phi) is 8.95. The fourth-order valence-electron chi connectivity index (χ4n) is 9.16. The molecule has 0 spiro atoms. The highest BCUT2D eigenvalue weighted by Crippen LogP contribution is 2.46. The summed E-state index contributed by atoms with van der Waals surface area (Å²) in [6.07, 6.45) is 0. The van der Waals surface area contributed by atoms with Crippen molar-refractivity contribution in [1.29, 1.82) is 0 Å². The summed E-state index contributed by atoms with van der Waals surface area (Å²) in [6, 6.07) is 88.9. The van der Waals surface area contributed by atoms with Crippen LogP contribution < -0.4 is 0 Å². The third-order valence-electron chi connectivity index (χ3n) is 12.0. The van der Waals surface area contributed by atoms with Crippen LogP contribution in [0.4, 0.5) is 0 Å². The maximum Gasteiger partial charge on any atom is -0.00261 e. The van der Waals surface area contributed by atoms with Gasteiger partial charge in [0.2, 0.25) is 0 Å². The van der Waals surface area contributed by atoms with Gasteiger partial charge >= 0.3 is 0 Å². The first-order valence-corrected chi connectivity index (χ1v) is 20.7. The number of fused-ring (bicyclic) bond motifs is 3. The van der Waals surface area contributed by atoms with Crippen molar-refractivity contribution in [3.63, 3.8) is 0 Å². The topological polar surface area (TPSA) is 0 Å². The molecule has 0 saturated heterocycles. The van der Waals surface area contributed by atoms with E-state index in [0.29, 0.717) is 0 Å². The van der Waals surface area contributed by atoms with Gasteiger partial charge < -0.3 is 0 Å². The van der Waals surface area contributed by atoms with Gasteiger partial charge in [-0.2, -0.15) is 0 Å². The number of hydrogen-bond acceptors (Lipinski definition) is 0. The summed E-state index contributed by atoms with van der Waals surface area (Å²) in [7, 11) is 0. The van der Waals surface area contributed by atoms with Crippen LogP contribution in [-0.4, -0.2) is 0 Å². The highest BCUT2D eigenvalue weighted by atomic mass is 14.2. The molecule has 11 rings (SSSR count). The van der Waals surface area contributed by atoms with Gasteiger partial charge in [0.15, 0.2) is 0 Å². The summed E-state index contributed by atoms with van der Waals surface area (Å²) in [5.41, 5.74) is 17.0. The second kappa shape index (κ2) is 15.2. The molecule has 0 radical (unpaired) electrons. The summed E-state index contributed by atoms with van der Waals surface area (Å²) in [4.78, 5) is 0. The zero-order valence-electron chi connectivity index (χ0n) is 33.1. The molecule has 0 aromatic heterocycles. The largest absolute Gasteiger partial charge is 0.0622 e. The number of benzene rings is 11. The van der Waals surface area contributed by atoms with E-state index < -0.39 is 0 Å². The minimum absolute atomic E-state index is 1.18. The Labute approximate surface area is 351 Å². The molecule has 0 fully saturated rings. The van der Waals surface area contributed by atoms with Crippen molar-refractivity contribution in [2.45, 2.75) is 0 Å². The molecular weight excluding hydrogens is 721 g/mol. The lowest BCUT2D eigenvalue weighted by molar-refractivity contribution is 1.55. The Hall–Kier alpha value is -7.80. The van der Waals surface area contributed by atoms with E-state index in [1.165, 1.54) is 110 Å². The van der Waals surface area contributed by atoms with E-state index in [9.17, 15) is 0 Å². The Morgan fingerprint density at radius 3 is 1.13 bits per heavy atom. The van der Waals surface area contributed by atoms with E-state index in [-0.39, 0.29) is 0 Å². The van der Waals surface area contributed by atoms with Gasteiger partial charge in [0, 0.05) is 0 Å². The van der Waals surface area contributed by atoms with Crippen LogP contribution in [0.2, 0.25) is 0 Å². The molecule has 0 nitrogen and oxygen atoms in total. The maximum absolute atomic E-state index is 2.44. The molecule has 0 saturated carbocycles. The van der Waals surface area contributed by atoms with E-state index in [2.05, 4.69) is 243 Å². The quantitative estimate of drug-likeness (QED) is 0.142. The lowest BCUT2D eigenvalue weighted by Crippen LogP contribution is -1.93. The predicted octanol–water partition coefficient (Wildman–Crippen LogP) is 16.8. The fraction of sp³-hybridized carbons (Fsp3) is 0. The zero-order valence-corrected chi connectivity index (χ0v) is 33.1. The number of hydrogen-bond donors (Lipinski definition) is 0. The van der Waals surface area contributed by atoms with Crippen LogP contribution in [0.1, 0.15) is 0 Å². The van der Waals surface area contributed by atoms with Crippen molar-refractivity contribution in [1.82, 2.24) is 0 Å². The second-order valence-corrected chi connectivity index (χ2v) is 15.6. The molecule has 0 heterocycles. The van der Waals surface area contributed by atoms with Crippen molar-refractivity contribution in [2.75, 3.05) is 0 Å². The zero-order chi connectivity index (χ0) is 39.8. The summed E-state index contributed by atoms with van der Waals surface area (Å²) >= 11 is 0. The molecule has 60 heavy (non-hydrogen) atoms. The third-order valence-corrected chi connectivity index (χ3v) is 12.0. The molecule has 0 heteroatoms. The normalized spacial score (nSPS) is 11.3. The maximum atomic E-state index is 2.44. The molecule has 0 unspecified atom stereocenters. The minimum Gasteiger partial charge on any atom is -0.0622 e. The van der Waals surface area contributed by atoms with E-state index >= 15 is 0 Å². The molecule has 0 N–H and O–H groups in total. The molecule has 0 bridgehead atoms. The predicted molar refractivity (Wildman–Crippen MR) is 257 cm³/mol. The number of rotatable bonds is 7. The molecule has 0 aliphatic rings. The van der Waals surface area contributed by atoms with Crippen LogP contribution >= 0.6 is 0 Å². The average molecular weight is 761 g/mol. The van der Waals surface area contributed by atoms with E-state index in [0.717, 1.165) is 0 Å². The lowest BCUT2D eigenvalue weighted by atomic mass is 9.84. The van der Waals surface area contributed by atoms with Gasteiger partial charge in [0.25, 0.3) is 0 Å². The Bertz CT molecular complexity index is 3300. The summed E-state index contributed by atoms with van der Waals surface area (Å²) in [5.74, 6) is 0. The van der Waals surface area contributed by atoms with Crippen LogP contribution in [0.5, 0.6) is 0 Å². The van der Waals surface area contributed by atoms with E-state index in [4.69, 9.17) is 0 Å². The smallest absolute Gasteiger partial charge is 0.00261 e. The van der Waals surface area contributed by atoms with Crippen molar-refractivity contribution < 1.29 is 0 Å². The van der Waals surface area contributed by atoms with Gasteiger partial charge in [-0.3, -0.25) is 0 Å². The Morgan fingerprint density at radius 2 is 0.550 bits per heavy atom. The first-order valence-electron chi connectivity index (χ1n) is 20.7. The summed E-state index contributed by atoms with van der Waals surface area (Å²) < 4.78 is 0. The molecule has 280 valence electrons. The van der Waals surface area contributed by atoms with Gasteiger partial charge in [0.1, 0.15) is 0 Å². The van der Waals surface area contributed by atoms with Crippen molar-refractivity contribution in [3.05, 3.63) is 243 Å². The van der Waals surface area contributed by atoms with Crippen molar-refractivity contribution >= 4 is 32.3 Å². The Morgan fingerprint density at radius 1 is 0.167 bits per heavy atom. The van der Waals surface area contributed by atoms with Crippen LogP contribution in [0, 0.1) is 0 Å². The highest BCUT2D eigenvalue weighted by Gasteiger charge is 2.19. The highest BCUT2D eigenvalue weighted by molar-refractivity contribution is 6.21. The van der Waals surface area contributed by atoms with Crippen LogP contribution in [0.25, 0.3) is 110 Å². The standard InChI is InChI=1S/C60H40/c1-3-16-41(17-4-1)45-22-14-26-50(38-45)53-35-34-52(60-56-30-11-9-28-54(56)59(43-19-5-2-6-20-43)55-29-10-12-31-57(55)60)40-58(53)51-27-15-25-48(39-51)46-23-13-24-47(37-46)49-33-32-42-18-7-8-21-44(42)36-49/h1-40H. The first-order chi connectivity index (χ1) is 29.7. The SMILES string of the molecule is c1ccc(-c2cccc(-c3ccc(-c4c5ccccc5c(-c5ccccc5)c5ccccc45)cc3-c3cccc(-c4cccc(-c5ccc6ccccc6c5)c4)c3)c2)cc1. The molecule has 0 aliphatic carbocycles. The van der Waals surface area contributed by atoms with Gasteiger partial charge in [-0.05, 0) is 141 Å². The van der Waals surface area contributed by atoms with Crippen molar-refractivity contribution in [3.8, 4) is 77.9 Å². The van der Waals surface area contributed by atoms with E-state index in [1.807, 2.05) is 0 Å². The summed E-state index contributed by atoms with van der Waals surface area (Å²) in [6.45, 7) is 0. The minimum atomic E-state index is 1.18. The van der Waals surface area contributed by atoms with Crippen LogP contribution in [-0.2, 0) is 0 Å². The van der Waals surface area contributed by atoms with Gasteiger partial charge in [-0.25, -0.2) is 0 Å². The molecule has 0 amide bonds. The fourth-order valence-corrected chi connectivity index (χ4v) is 9.16. The lowest BCUT2D eigenvalue weighted by Gasteiger charge is -2.20. The van der Waals surface area contributed by atoms with Crippen LogP contribution in [0.3, 0.4) is 0 Å².